The van der Waals surface area contributed by atoms with Gasteiger partial charge in [0.1, 0.15) is 0 Å². The van der Waals surface area contributed by atoms with Crippen molar-refractivity contribution in [2.45, 2.75) is 26.8 Å². The van der Waals surface area contributed by atoms with Gasteiger partial charge in [-0.15, -0.1) is 0 Å². The van der Waals surface area contributed by atoms with E-state index < -0.39 is 18.0 Å². The van der Waals surface area contributed by atoms with E-state index >= 15 is 0 Å². The lowest BCUT2D eigenvalue weighted by Gasteiger charge is -2.20. The monoisotopic (exact) mass is 322 g/mol. The highest BCUT2D eigenvalue weighted by Crippen LogP contribution is 2.17. The van der Waals surface area contributed by atoms with Gasteiger partial charge in [-0.25, -0.2) is 4.79 Å². The van der Waals surface area contributed by atoms with E-state index in [4.69, 9.17) is 0 Å². The number of amides is 3. The third-order valence-corrected chi connectivity index (χ3v) is 3.86. The molecule has 0 heterocycles. The molecule has 1 rings (SSSR count). The summed E-state index contributed by atoms with van der Waals surface area (Å²) in [5.41, 5.74) is 2.86. The zero-order chi connectivity index (χ0) is 17.6. The minimum atomic E-state index is -0.811. The van der Waals surface area contributed by atoms with Crippen LogP contribution in [0.3, 0.4) is 0 Å². The highest BCUT2D eigenvalue weighted by molar-refractivity contribution is 5.94. The van der Waals surface area contributed by atoms with Crippen LogP contribution in [0.1, 0.15) is 18.1 Å². The lowest BCUT2D eigenvalue weighted by atomic mass is 10.1. The number of imide groups is 1. The molecule has 2 atom stereocenters. The molecule has 0 aromatic heterocycles. The summed E-state index contributed by atoms with van der Waals surface area (Å²) >= 11 is 0. The van der Waals surface area contributed by atoms with Crippen LogP contribution < -0.4 is 15.5 Å². The number of likely N-dealkylation sites (N-methyl/N-ethyl adjacent to an activating group) is 1. The third kappa shape index (κ3) is 5.37. The molecule has 0 aliphatic rings. The van der Waals surface area contributed by atoms with Crippen LogP contribution in [0.25, 0.3) is 0 Å². The first-order valence-electron chi connectivity index (χ1n) is 7.33. The Kier molecular flexibility index (Phi) is 6.71. The van der Waals surface area contributed by atoms with E-state index in [0.717, 1.165) is 16.8 Å². The average Bonchev–Trinajstić information content (AvgIpc) is 2.50. The minimum Gasteiger partial charge on any atom is -0.453 e. The summed E-state index contributed by atoms with van der Waals surface area (Å²) in [4.78, 5) is 35.7. The quantitative estimate of drug-likeness (QED) is 0.713. The Balaban J connectivity index is 2.61. The molecule has 7 nitrogen and oxygen atoms in total. The number of hydrogen-bond acceptors (Lipinski definition) is 4. The van der Waals surface area contributed by atoms with Gasteiger partial charge in [0.05, 0.1) is 14.2 Å². The van der Waals surface area contributed by atoms with Crippen molar-refractivity contribution >= 4 is 23.6 Å². The molecule has 23 heavy (non-hydrogen) atoms. The fraction of sp³-hybridized carbons (Fsp3) is 0.438. The van der Waals surface area contributed by atoms with Crippen LogP contribution in [0.2, 0.25) is 0 Å². The van der Waals surface area contributed by atoms with E-state index in [-0.39, 0.29) is 12.5 Å². The van der Waals surface area contributed by atoms with E-state index in [1.165, 1.54) is 7.11 Å². The molecular weight excluding hydrogens is 298 g/mol. The second kappa shape index (κ2) is 8.28. The summed E-state index contributed by atoms with van der Waals surface area (Å²) in [7, 11) is 2.89. The van der Waals surface area contributed by atoms with E-state index in [1.807, 2.05) is 32.0 Å². The molecule has 7 heteroatoms. The number of aryl methyl sites for hydroxylation is 1. The number of rotatable bonds is 5. The molecule has 126 valence electrons. The Labute approximate surface area is 136 Å². The summed E-state index contributed by atoms with van der Waals surface area (Å²) in [6.45, 7) is 5.65. The molecule has 3 N–H and O–H groups in total. The average molecular weight is 322 g/mol. The van der Waals surface area contributed by atoms with Crippen molar-refractivity contribution in [3.05, 3.63) is 29.3 Å². The molecule has 0 radical (unpaired) electrons. The van der Waals surface area contributed by atoms with Crippen molar-refractivity contribution in [1.82, 2.24) is 5.32 Å². The summed E-state index contributed by atoms with van der Waals surface area (Å²) in [6, 6.07) is 5.12. The molecular formula is C16H24N3O4+. The molecule has 0 aliphatic heterocycles. The molecule has 0 saturated carbocycles. The maximum Gasteiger partial charge on any atom is 0.413 e. The highest BCUT2D eigenvalue weighted by atomic mass is 16.5. The van der Waals surface area contributed by atoms with Crippen molar-refractivity contribution in [3.8, 4) is 0 Å². The van der Waals surface area contributed by atoms with Crippen molar-refractivity contribution in [2.75, 3.05) is 26.0 Å². The van der Waals surface area contributed by atoms with Crippen molar-refractivity contribution in [1.29, 1.82) is 0 Å². The fourth-order valence-electron chi connectivity index (χ4n) is 1.97. The SMILES string of the molecule is COC(=O)NC(=O)[C@@H](C)[NH+](C)CC(=O)Nc1cccc(C)c1C. The molecule has 0 spiro atoms. The van der Waals surface area contributed by atoms with Gasteiger partial charge in [-0.2, -0.15) is 0 Å². The van der Waals surface area contributed by atoms with Gasteiger partial charge in [0.25, 0.3) is 11.8 Å². The third-order valence-electron chi connectivity index (χ3n) is 3.86. The Morgan fingerprint density at radius 3 is 2.52 bits per heavy atom. The number of hydrogen-bond donors (Lipinski definition) is 3. The standard InChI is InChI=1S/C16H23N3O4/c1-10-7-6-8-13(11(10)2)17-14(20)9-19(4)12(3)15(21)18-16(22)23-5/h6-8,12H,9H2,1-5H3,(H,17,20)(H,18,21,22)/p+1/t12-/m1/s1. The predicted octanol–water partition coefficient (Wildman–Crippen LogP) is 0.0277. The zero-order valence-corrected chi connectivity index (χ0v) is 14.1. The van der Waals surface area contributed by atoms with Gasteiger partial charge in [-0.05, 0) is 38.0 Å². The summed E-state index contributed by atoms with van der Waals surface area (Å²) in [5, 5.41) is 4.94. The van der Waals surface area contributed by atoms with Crippen LogP contribution in [0, 0.1) is 13.8 Å². The Morgan fingerprint density at radius 2 is 1.91 bits per heavy atom. The number of benzene rings is 1. The van der Waals surface area contributed by atoms with Crippen molar-refractivity contribution in [3.63, 3.8) is 0 Å². The second-order valence-corrected chi connectivity index (χ2v) is 5.52. The van der Waals surface area contributed by atoms with Gasteiger partial charge in [0.15, 0.2) is 12.6 Å². The predicted molar refractivity (Wildman–Crippen MR) is 86.3 cm³/mol. The molecule has 1 aromatic rings. The molecule has 1 aromatic carbocycles. The van der Waals surface area contributed by atoms with Crippen molar-refractivity contribution in [2.24, 2.45) is 0 Å². The van der Waals surface area contributed by atoms with E-state index in [2.05, 4.69) is 15.4 Å². The topological polar surface area (TPSA) is 88.9 Å². The first kappa shape index (κ1) is 18.6. The minimum absolute atomic E-state index is 0.100. The van der Waals surface area contributed by atoms with E-state index in [1.54, 1.807) is 14.0 Å². The van der Waals surface area contributed by atoms with Gasteiger partial charge in [-0.3, -0.25) is 14.9 Å². The van der Waals surface area contributed by atoms with Crippen LogP contribution in [0.4, 0.5) is 10.5 Å². The lowest BCUT2D eigenvalue weighted by molar-refractivity contribution is -0.885. The Hall–Kier alpha value is -2.41. The molecule has 3 amide bonds. The van der Waals surface area contributed by atoms with E-state index in [0.29, 0.717) is 4.90 Å². The maximum absolute atomic E-state index is 12.1. The fourth-order valence-corrected chi connectivity index (χ4v) is 1.97. The Bertz CT molecular complexity index is 601. The molecule has 0 fully saturated rings. The second-order valence-electron chi connectivity index (χ2n) is 5.52. The number of alkyl carbamates (subject to hydrolysis) is 1. The number of carbonyl (C=O) groups is 3. The summed E-state index contributed by atoms with van der Waals surface area (Å²) in [6.07, 6.45) is -0.811. The van der Waals surface area contributed by atoms with Gasteiger partial charge in [-0.1, -0.05) is 12.1 Å². The lowest BCUT2D eigenvalue weighted by Crippen LogP contribution is -3.15. The summed E-state index contributed by atoms with van der Waals surface area (Å²) < 4.78 is 4.38. The number of anilines is 1. The van der Waals surface area contributed by atoms with Gasteiger partial charge < -0.3 is 15.0 Å². The van der Waals surface area contributed by atoms with Crippen LogP contribution in [-0.4, -0.2) is 44.7 Å². The van der Waals surface area contributed by atoms with Crippen molar-refractivity contribution < 1.29 is 24.0 Å². The first-order chi connectivity index (χ1) is 10.8. The number of carbonyl (C=O) groups excluding carboxylic acids is 3. The maximum atomic E-state index is 12.1. The molecule has 0 aliphatic carbocycles. The van der Waals surface area contributed by atoms with Crippen LogP contribution >= 0.6 is 0 Å². The normalized spacial score (nSPS) is 12.9. The number of nitrogens with one attached hydrogen (secondary N) is 3. The molecule has 0 saturated heterocycles. The number of ether oxygens (including phenoxy) is 1. The first-order valence-corrected chi connectivity index (χ1v) is 7.33. The Morgan fingerprint density at radius 1 is 1.26 bits per heavy atom. The van der Waals surface area contributed by atoms with Gasteiger partial charge in [0.2, 0.25) is 0 Å². The molecule has 1 unspecified atom stereocenters. The van der Waals surface area contributed by atoms with Gasteiger partial charge >= 0.3 is 6.09 Å². The number of quaternary nitrogens is 1. The molecule has 0 bridgehead atoms. The van der Waals surface area contributed by atoms with Crippen LogP contribution in [0.15, 0.2) is 18.2 Å². The number of methoxy groups -OCH3 is 1. The summed E-state index contributed by atoms with van der Waals surface area (Å²) in [5.74, 6) is -0.692. The smallest absolute Gasteiger partial charge is 0.413 e. The largest absolute Gasteiger partial charge is 0.453 e. The van der Waals surface area contributed by atoms with Crippen LogP contribution in [0.5, 0.6) is 0 Å². The van der Waals surface area contributed by atoms with E-state index in [9.17, 15) is 14.4 Å². The highest BCUT2D eigenvalue weighted by Gasteiger charge is 2.25. The van der Waals surface area contributed by atoms with Gasteiger partial charge in [0, 0.05) is 5.69 Å². The van der Waals surface area contributed by atoms with Crippen LogP contribution in [-0.2, 0) is 14.3 Å². The zero-order valence-electron chi connectivity index (χ0n) is 14.1.